The maximum absolute atomic E-state index is 11.8. The first-order valence-corrected chi connectivity index (χ1v) is 6.09. The maximum Gasteiger partial charge on any atom is 0.248 e. The van der Waals surface area contributed by atoms with E-state index in [-0.39, 0.29) is 18.1 Å². The van der Waals surface area contributed by atoms with Crippen molar-refractivity contribution < 1.29 is 9.53 Å². The van der Waals surface area contributed by atoms with Crippen LogP contribution in [0.1, 0.15) is 33.6 Å². The van der Waals surface area contributed by atoms with Crippen LogP contribution in [0.4, 0.5) is 0 Å². The van der Waals surface area contributed by atoms with E-state index in [9.17, 15) is 4.79 Å². The molecule has 0 aromatic rings. The summed E-state index contributed by atoms with van der Waals surface area (Å²) < 4.78 is 5.62. The van der Waals surface area contributed by atoms with E-state index in [4.69, 9.17) is 4.74 Å². The van der Waals surface area contributed by atoms with Gasteiger partial charge < -0.3 is 15.0 Å². The van der Waals surface area contributed by atoms with Gasteiger partial charge >= 0.3 is 0 Å². The Bertz CT molecular complexity index is 239. The average molecular weight is 228 g/mol. The zero-order valence-corrected chi connectivity index (χ0v) is 10.9. The minimum Gasteiger partial charge on any atom is -0.363 e. The van der Waals surface area contributed by atoms with E-state index in [0.29, 0.717) is 6.04 Å². The van der Waals surface area contributed by atoms with Gasteiger partial charge in [0.2, 0.25) is 5.91 Å². The van der Waals surface area contributed by atoms with Crippen molar-refractivity contribution in [3.8, 4) is 0 Å². The molecule has 1 heterocycles. The van der Waals surface area contributed by atoms with Crippen molar-refractivity contribution in [2.24, 2.45) is 0 Å². The van der Waals surface area contributed by atoms with Gasteiger partial charge in [-0.3, -0.25) is 4.79 Å². The average Bonchev–Trinajstić information content (AvgIpc) is 2.22. The molecule has 4 heteroatoms. The largest absolute Gasteiger partial charge is 0.363 e. The number of hydrogen-bond donors (Lipinski definition) is 1. The maximum atomic E-state index is 11.8. The zero-order valence-electron chi connectivity index (χ0n) is 10.9. The van der Waals surface area contributed by atoms with E-state index >= 15 is 0 Å². The summed E-state index contributed by atoms with van der Waals surface area (Å²) in [5, 5.41) is 3.15. The van der Waals surface area contributed by atoms with Crippen molar-refractivity contribution in [2.45, 2.75) is 45.3 Å². The van der Waals surface area contributed by atoms with E-state index in [2.05, 4.69) is 19.2 Å². The molecule has 1 atom stereocenters. The first kappa shape index (κ1) is 13.5. The molecule has 1 rings (SSSR count). The normalized spacial score (nSPS) is 20.0. The SMILES string of the molecule is CCCC(C)N(C)C(=O)COC1(C)CNC1. The van der Waals surface area contributed by atoms with Crippen molar-refractivity contribution in [1.82, 2.24) is 10.2 Å². The number of likely N-dealkylation sites (N-methyl/N-ethyl adjacent to an activating group) is 1. The molecule has 0 aliphatic carbocycles. The molecule has 1 N–H and O–H groups in total. The minimum atomic E-state index is -0.134. The Balaban J connectivity index is 2.28. The summed E-state index contributed by atoms with van der Waals surface area (Å²) in [5.41, 5.74) is -0.134. The Morgan fingerprint density at radius 1 is 1.56 bits per heavy atom. The third kappa shape index (κ3) is 3.46. The molecule has 0 radical (unpaired) electrons. The highest BCUT2D eigenvalue weighted by Crippen LogP contribution is 2.15. The zero-order chi connectivity index (χ0) is 12.2. The molecule has 0 aromatic heterocycles. The topological polar surface area (TPSA) is 41.6 Å². The van der Waals surface area contributed by atoms with Gasteiger partial charge in [-0.2, -0.15) is 0 Å². The van der Waals surface area contributed by atoms with Crippen LogP contribution in [-0.2, 0) is 9.53 Å². The van der Waals surface area contributed by atoms with Crippen LogP contribution in [0.15, 0.2) is 0 Å². The molecule has 94 valence electrons. The molecular weight excluding hydrogens is 204 g/mol. The van der Waals surface area contributed by atoms with Crippen LogP contribution in [0.3, 0.4) is 0 Å². The predicted molar refractivity (Wildman–Crippen MR) is 64.4 cm³/mol. The van der Waals surface area contributed by atoms with Gasteiger partial charge in [-0.05, 0) is 20.3 Å². The fraction of sp³-hybridized carbons (Fsp3) is 0.917. The van der Waals surface area contributed by atoms with Crippen LogP contribution in [-0.4, -0.2) is 49.2 Å². The van der Waals surface area contributed by atoms with Crippen molar-refractivity contribution >= 4 is 5.91 Å². The van der Waals surface area contributed by atoms with Gasteiger partial charge in [-0.1, -0.05) is 13.3 Å². The molecule has 0 aromatic carbocycles. The van der Waals surface area contributed by atoms with Gasteiger partial charge in [0.25, 0.3) is 0 Å². The molecule has 1 unspecified atom stereocenters. The summed E-state index contributed by atoms with van der Waals surface area (Å²) in [6, 6.07) is 0.299. The monoisotopic (exact) mass is 228 g/mol. The van der Waals surface area contributed by atoms with Gasteiger partial charge in [0.05, 0.1) is 5.60 Å². The van der Waals surface area contributed by atoms with E-state index in [0.717, 1.165) is 25.9 Å². The van der Waals surface area contributed by atoms with Gasteiger partial charge in [0.15, 0.2) is 0 Å². The Kier molecular flexibility index (Phi) is 4.74. The van der Waals surface area contributed by atoms with Gasteiger partial charge in [0.1, 0.15) is 6.61 Å². The summed E-state index contributed by atoms with van der Waals surface area (Å²) in [5.74, 6) is 0.0778. The summed E-state index contributed by atoms with van der Waals surface area (Å²) in [4.78, 5) is 13.6. The summed E-state index contributed by atoms with van der Waals surface area (Å²) >= 11 is 0. The molecule has 1 fully saturated rings. The summed E-state index contributed by atoms with van der Waals surface area (Å²) in [6.45, 7) is 8.12. The highest BCUT2D eigenvalue weighted by atomic mass is 16.5. The van der Waals surface area contributed by atoms with Gasteiger partial charge in [0, 0.05) is 26.2 Å². The lowest BCUT2D eigenvalue weighted by Crippen LogP contribution is -2.59. The van der Waals surface area contributed by atoms with Gasteiger partial charge in [-0.15, -0.1) is 0 Å². The Hall–Kier alpha value is -0.610. The second kappa shape index (κ2) is 5.64. The number of carbonyl (C=O) groups excluding carboxylic acids is 1. The molecule has 1 amide bonds. The number of ether oxygens (including phenoxy) is 1. The van der Waals surface area contributed by atoms with E-state index in [1.807, 2.05) is 14.0 Å². The fourth-order valence-electron chi connectivity index (χ4n) is 1.77. The molecule has 1 aliphatic rings. The first-order valence-electron chi connectivity index (χ1n) is 6.09. The number of hydrogen-bond acceptors (Lipinski definition) is 3. The minimum absolute atomic E-state index is 0.0778. The lowest BCUT2D eigenvalue weighted by Gasteiger charge is -2.39. The molecule has 0 bridgehead atoms. The summed E-state index contributed by atoms with van der Waals surface area (Å²) in [7, 11) is 1.85. The van der Waals surface area contributed by atoms with Crippen molar-refractivity contribution in [1.29, 1.82) is 0 Å². The molecule has 4 nitrogen and oxygen atoms in total. The number of nitrogens with one attached hydrogen (secondary N) is 1. The first-order chi connectivity index (χ1) is 7.48. The van der Waals surface area contributed by atoms with E-state index < -0.39 is 0 Å². The molecular formula is C12H24N2O2. The third-order valence-electron chi connectivity index (χ3n) is 3.30. The Labute approximate surface area is 98.3 Å². The van der Waals surface area contributed by atoms with E-state index in [1.54, 1.807) is 4.90 Å². The number of rotatable bonds is 6. The number of nitrogens with zero attached hydrogens (tertiary/aromatic N) is 1. The highest BCUT2D eigenvalue weighted by Gasteiger charge is 2.33. The molecule has 0 spiro atoms. The van der Waals surface area contributed by atoms with Gasteiger partial charge in [-0.25, -0.2) is 0 Å². The molecule has 16 heavy (non-hydrogen) atoms. The quantitative estimate of drug-likeness (QED) is 0.738. The molecule has 1 saturated heterocycles. The van der Waals surface area contributed by atoms with Crippen LogP contribution in [0.2, 0.25) is 0 Å². The Morgan fingerprint density at radius 3 is 2.62 bits per heavy atom. The van der Waals surface area contributed by atoms with Crippen LogP contribution in [0.25, 0.3) is 0 Å². The lowest BCUT2D eigenvalue weighted by atomic mass is 10.0. The lowest BCUT2D eigenvalue weighted by molar-refractivity contribution is -0.146. The molecule has 1 aliphatic heterocycles. The second-order valence-electron chi connectivity index (χ2n) is 4.98. The second-order valence-corrected chi connectivity index (χ2v) is 4.98. The van der Waals surface area contributed by atoms with Crippen molar-refractivity contribution in [3.63, 3.8) is 0 Å². The standard InChI is InChI=1S/C12H24N2O2/c1-5-6-10(2)14(4)11(15)7-16-12(3)8-13-9-12/h10,13H,5-9H2,1-4H3. The highest BCUT2D eigenvalue weighted by molar-refractivity contribution is 5.77. The fourth-order valence-corrected chi connectivity index (χ4v) is 1.77. The third-order valence-corrected chi connectivity index (χ3v) is 3.30. The smallest absolute Gasteiger partial charge is 0.248 e. The van der Waals surface area contributed by atoms with Crippen LogP contribution < -0.4 is 5.32 Å². The summed E-state index contributed by atoms with van der Waals surface area (Å²) in [6.07, 6.45) is 2.14. The van der Waals surface area contributed by atoms with Crippen LogP contribution in [0.5, 0.6) is 0 Å². The van der Waals surface area contributed by atoms with Crippen LogP contribution in [0, 0.1) is 0 Å². The predicted octanol–water partition coefficient (Wildman–Crippen LogP) is 1.01. The Morgan fingerprint density at radius 2 is 2.19 bits per heavy atom. The van der Waals surface area contributed by atoms with Crippen molar-refractivity contribution in [2.75, 3.05) is 26.7 Å². The van der Waals surface area contributed by atoms with Crippen LogP contribution >= 0.6 is 0 Å². The van der Waals surface area contributed by atoms with Crippen molar-refractivity contribution in [3.05, 3.63) is 0 Å². The molecule has 0 saturated carbocycles. The number of carbonyl (C=O) groups is 1. The van der Waals surface area contributed by atoms with E-state index in [1.165, 1.54) is 0 Å². The number of amides is 1.